The smallest absolute Gasteiger partial charge is 0.145 e. The molecule has 2 heterocycles. The number of aliphatic hydroxyl groups is 1. The molecule has 0 amide bonds. The molecule has 1 aromatic carbocycles. The number of benzene rings is 1. The normalized spacial score (nSPS) is 18.7. The first kappa shape index (κ1) is 16.2. The molecule has 1 aliphatic heterocycles. The summed E-state index contributed by atoms with van der Waals surface area (Å²) in [6.07, 6.45) is 1.22. The molecule has 23 heavy (non-hydrogen) atoms. The zero-order valence-corrected chi connectivity index (χ0v) is 13.8. The van der Waals surface area contributed by atoms with Gasteiger partial charge in [0.1, 0.15) is 11.3 Å². The van der Waals surface area contributed by atoms with Gasteiger partial charge < -0.3 is 15.2 Å². The minimum Gasteiger partial charge on any atom is -0.492 e. The van der Waals surface area contributed by atoms with Gasteiger partial charge in [-0.2, -0.15) is 0 Å². The van der Waals surface area contributed by atoms with Gasteiger partial charge in [0.05, 0.1) is 12.7 Å². The summed E-state index contributed by atoms with van der Waals surface area (Å²) in [4.78, 5) is 6.79. The number of hydrogen-bond acceptors (Lipinski definition) is 5. The molecule has 0 aliphatic carbocycles. The number of nitrogens with zero attached hydrogens (tertiary/aromatic N) is 2. The van der Waals surface area contributed by atoms with Crippen LogP contribution in [0.1, 0.15) is 25.5 Å². The molecule has 2 N–H and O–H groups in total. The van der Waals surface area contributed by atoms with Crippen LogP contribution in [0.25, 0.3) is 10.9 Å². The SMILES string of the molecule is CCOc1ccc(C(O)C(C)N2CCNCC2)c2cccnc12. The molecule has 2 atom stereocenters. The van der Waals surface area contributed by atoms with E-state index in [0.29, 0.717) is 6.61 Å². The predicted octanol–water partition coefficient (Wildman–Crippen LogP) is 1.96. The molecule has 0 radical (unpaired) electrons. The van der Waals surface area contributed by atoms with Crippen LogP contribution in [0.2, 0.25) is 0 Å². The molecule has 0 spiro atoms. The quantitative estimate of drug-likeness (QED) is 0.883. The van der Waals surface area contributed by atoms with Gasteiger partial charge in [0.2, 0.25) is 0 Å². The van der Waals surface area contributed by atoms with Crippen molar-refractivity contribution in [3.8, 4) is 5.75 Å². The summed E-state index contributed by atoms with van der Waals surface area (Å²) in [6.45, 7) is 8.53. The Labute approximate surface area is 137 Å². The Hall–Kier alpha value is -1.69. The fourth-order valence-electron chi connectivity index (χ4n) is 3.25. The maximum atomic E-state index is 10.9. The van der Waals surface area contributed by atoms with Crippen molar-refractivity contribution in [1.29, 1.82) is 0 Å². The summed E-state index contributed by atoms with van der Waals surface area (Å²) in [5.74, 6) is 0.772. The monoisotopic (exact) mass is 315 g/mol. The highest BCUT2D eigenvalue weighted by molar-refractivity contribution is 5.87. The van der Waals surface area contributed by atoms with Crippen molar-refractivity contribution < 1.29 is 9.84 Å². The number of aromatic nitrogens is 1. The first-order valence-electron chi connectivity index (χ1n) is 8.35. The zero-order chi connectivity index (χ0) is 16.2. The Bertz CT molecular complexity index is 656. The van der Waals surface area contributed by atoms with E-state index in [1.807, 2.05) is 31.2 Å². The average Bonchev–Trinajstić information content (AvgIpc) is 2.62. The second-order valence-electron chi connectivity index (χ2n) is 5.96. The molecule has 1 saturated heterocycles. The van der Waals surface area contributed by atoms with E-state index in [1.54, 1.807) is 6.20 Å². The van der Waals surface area contributed by atoms with E-state index < -0.39 is 6.10 Å². The van der Waals surface area contributed by atoms with Crippen LogP contribution < -0.4 is 10.1 Å². The van der Waals surface area contributed by atoms with Gasteiger partial charge in [0, 0.05) is 43.8 Å². The summed E-state index contributed by atoms with van der Waals surface area (Å²) in [5.41, 5.74) is 1.74. The van der Waals surface area contributed by atoms with Gasteiger partial charge in [-0.05, 0) is 31.5 Å². The molecular formula is C18H25N3O2. The topological polar surface area (TPSA) is 57.6 Å². The minimum absolute atomic E-state index is 0.0680. The Morgan fingerprint density at radius 1 is 1.30 bits per heavy atom. The van der Waals surface area contributed by atoms with E-state index in [9.17, 15) is 5.11 Å². The van der Waals surface area contributed by atoms with Crippen molar-refractivity contribution in [1.82, 2.24) is 15.2 Å². The Morgan fingerprint density at radius 3 is 2.83 bits per heavy atom. The van der Waals surface area contributed by atoms with Crippen LogP contribution in [0.5, 0.6) is 5.75 Å². The number of piperazine rings is 1. The number of rotatable bonds is 5. The van der Waals surface area contributed by atoms with Crippen molar-refractivity contribution in [2.24, 2.45) is 0 Å². The van der Waals surface area contributed by atoms with Crippen molar-refractivity contribution in [3.63, 3.8) is 0 Å². The van der Waals surface area contributed by atoms with Crippen LogP contribution in [0.4, 0.5) is 0 Å². The Balaban J connectivity index is 1.94. The molecule has 1 aromatic heterocycles. The van der Waals surface area contributed by atoms with Gasteiger partial charge in [-0.1, -0.05) is 12.1 Å². The van der Waals surface area contributed by atoms with E-state index in [4.69, 9.17) is 4.74 Å². The first-order chi connectivity index (χ1) is 11.2. The lowest BCUT2D eigenvalue weighted by atomic mass is 9.97. The maximum absolute atomic E-state index is 10.9. The molecule has 2 aromatic rings. The lowest BCUT2D eigenvalue weighted by Crippen LogP contribution is -2.49. The number of aliphatic hydroxyl groups excluding tert-OH is 1. The van der Waals surface area contributed by atoms with Crippen LogP contribution >= 0.6 is 0 Å². The first-order valence-corrected chi connectivity index (χ1v) is 8.35. The minimum atomic E-state index is -0.546. The standard InChI is InChI=1S/C18H25N3O2/c1-3-23-16-7-6-15(14-5-4-8-20-17(14)16)18(22)13(2)21-11-9-19-10-12-21/h4-8,13,18-19,22H,3,9-12H2,1-2H3. The molecule has 5 heteroatoms. The van der Waals surface area contributed by atoms with E-state index in [1.165, 1.54) is 0 Å². The largest absolute Gasteiger partial charge is 0.492 e. The van der Waals surface area contributed by atoms with Gasteiger partial charge in [-0.3, -0.25) is 9.88 Å². The number of fused-ring (bicyclic) bond motifs is 1. The molecule has 5 nitrogen and oxygen atoms in total. The van der Waals surface area contributed by atoms with Crippen LogP contribution in [0.3, 0.4) is 0 Å². The molecule has 3 rings (SSSR count). The fourth-order valence-corrected chi connectivity index (χ4v) is 3.25. The second kappa shape index (κ2) is 7.25. The predicted molar refractivity (Wildman–Crippen MR) is 91.8 cm³/mol. The molecular weight excluding hydrogens is 290 g/mol. The molecule has 0 saturated carbocycles. The molecule has 0 bridgehead atoms. The van der Waals surface area contributed by atoms with Crippen molar-refractivity contribution in [2.45, 2.75) is 26.0 Å². The third-order valence-corrected chi connectivity index (χ3v) is 4.57. The third-order valence-electron chi connectivity index (χ3n) is 4.57. The van der Waals surface area contributed by atoms with E-state index in [-0.39, 0.29) is 6.04 Å². The van der Waals surface area contributed by atoms with Crippen molar-refractivity contribution in [2.75, 3.05) is 32.8 Å². The summed E-state index contributed by atoms with van der Waals surface area (Å²) in [5, 5.41) is 15.2. The highest BCUT2D eigenvalue weighted by Gasteiger charge is 2.26. The van der Waals surface area contributed by atoms with Crippen LogP contribution in [0.15, 0.2) is 30.5 Å². The third kappa shape index (κ3) is 3.32. The lowest BCUT2D eigenvalue weighted by molar-refractivity contribution is 0.0519. The van der Waals surface area contributed by atoms with Gasteiger partial charge in [-0.15, -0.1) is 0 Å². The summed E-state index contributed by atoms with van der Waals surface area (Å²) in [7, 11) is 0. The number of hydrogen-bond donors (Lipinski definition) is 2. The van der Waals surface area contributed by atoms with E-state index in [2.05, 4.69) is 22.1 Å². The molecule has 124 valence electrons. The second-order valence-corrected chi connectivity index (χ2v) is 5.96. The van der Waals surface area contributed by atoms with Gasteiger partial charge in [0.25, 0.3) is 0 Å². The van der Waals surface area contributed by atoms with E-state index >= 15 is 0 Å². The molecule has 1 aliphatic rings. The lowest BCUT2D eigenvalue weighted by Gasteiger charge is -2.35. The van der Waals surface area contributed by atoms with Crippen LogP contribution in [-0.4, -0.2) is 53.8 Å². The van der Waals surface area contributed by atoms with Gasteiger partial charge in [0.15, 0.2) is 0 Å². The van der Waals surface area contributed by atoms with E-state index in [0.717, 1.165) is 48.4 Å². The maximum Gasteiger partial charge on any atom is 0.145 e. The Kier molecular flexibility index (Phi) is 5.10. The highest BCUT2D eigenvalue weighted by Crippen LogP contribution is 2.32. The summed E-state index contributed by atoms with van der Waals surface area (Å²) < 4.78 is 5.67. The van der Waals surface area contributed by atoms with Crippen LogP contribution in [-0.2, 0) is 0 Å². The molecule has 1 fully saturated rings. The Morgan fingerprint density at radius 2 is 2.09 bits per heavy atom. The number of ether oxygens (including phenoxy) is 1. The average molecular weight is 315 g/mol. The number of nitrogens with one attached hydrogen (secondary N) is 1. The van der Waals surface area contributed by atoms with Crippen molar-refractivity contribution >= 4 is 10.9 Å². The molecule has 2 unspecified atom stereocenters. The van der Waals surface area contributed by atoms with Crippen molar-refractivity contribution in [3.05, 3.63) is 36.0 Å². The number of pyridine rings is 1. The summed E-state index contributed by atoms with van der Waals surface area (Å²) >= 11 is 0. The van der Waals surface area contributed by atoms with Gasteiger partial charge >= 0.3 is 0 Å². The fraction of sp³-hybridized carbons (Fsp3) is 0.500. The highest BCUT2D eigenvalue weighted by atomic mass is 16.5. The zero-order valence-electron chi connectivity index (χ0n) is 13.8. The summed E-state index contributed by atoms with van der Waals surface area (Å²) in [6, 6.07) is 7.87. The van der Waals surface area contributed by atoms with Crippen LogP contribution in [0, 0.1) is 0 Å². The van der Waals surface area contributed by atoms with Gasteiger partial charge in [-0.25, -0.2) is 0 Å².